The number of carbonyl (C=O) groups excluding carboxylic acids is 1. The molecule has 0 N–H and O–H groups in total. The van der Waals surface area contributed by atoms with Gasteiger partial charge in [0.05, 0.1) is 5.69 Å². The van der Waals surface area contributed by atoms with Crippen LogP contribution in [0, 0.1) is 29.5 Å². The number of aromatic nitrogens is 1. The minimum Gasteiger partial charge on any atom is -0.342 e. The predicted molar refractivity (Wildman–Crippen MR) is 117 cm³/mol. The zero-order chi connectivity index (χ0) is 20.7. The van der Waals surface area contributed by atoms with E-state index in [2.05, 4.69) is 17.1 Å². The van der Waals surface area contributed by atoms with Gasteiger partial charge >= 0.3 is 0 Å². The molecule has 2 saturated carbocycles. The fraction of sp³-hybridized carbons (Fsp3) is 0.462. The Labute approximate surface area is 178 Å². The van der Waals surface area contributed by atoms with Gasteiger partial charge in [0, 0.05) is 31.3 Å². The van der Waals surface area contributed by atoms with Crippen LogP contribution in [0.5, 0.6) is 0 Å². The third-order valence-electron chi connectivity index (χ3n) is 7.73. The molecule has 156 valence electrons. The van der Waals surface area contributed by atoms with Crippen molar-refractivity contribution < 1.29 is 9.18 Å². The summed E-state index contributed by atoms with van der Waals surface area (Å²) in [5.41, 5.74) is 2.67. The lowest BCUT2D eigenvalue weighted by molar-refractivity contribution is -0.127. The lowest BCUT2D eigenvalue weighted by Gasteiger charge is -2.47. The summed E-state index contributed by atoms with van der Waals surface area (Å²) in [6.07, 6.45) is 13.4. The maximum atomic E-state index is 13.5. The van der Waals surface area contributed by atoms with Gasteiger partial charge in [-0.25, -0.2) is 4.39 Å². The average molecular weight is 405 g/mol. The molecular formula is C26H29FN2O. The Bertz CT molecular complexity index is 954. The second kappa shape index (κ2) is 7.98. The van der Waals surface area contributed by atoms with Crippen LogP contribution in [-0.2, 0) is 4.79 Å². The molecule has 0 unspecified atom stereocenters. The molecule has 2 aliphatic carbocycles. The van der Waals surface area contributed by atoms with Crippen LogP contribution in [-0.4, -0.2) is 28.9 Å². The molecule has 3 fully saturated rings. The van der Waals surface area contributed by atoms with Gasteiger partial charge in [0.25, 0.3) is 0 Å². The Morgan fingerprint density at radius 2 is 1.97 bits per heavy atom. The Hall–Kier alpha value is -2.49. The van der Waals surface area contributed by atoms with Crippen molar-refractivity contribution >= 4 is 12.0 Å². The first-order chi connectivity index (χ1) is 14.6. The molecule has 1 aliphatic heterocycles. The molecule has 0 radical (unpaired) electrons. The molecule has 2 aromatic rings. The number of nitrogens with zero attached hydrogens (tertiary/aromatic N) is 2. The molecule has 3 aliphatic rings. The van der Waals surface area contributed by atoms with Crippen molar-refractivity contribution in [2.24, 2.45) is 23.7 Å². The van der Waals surface area contributed by atoms with Gasteiger partial charge in [-0.2, -0.15) is 0 Å². The topological polar surface area (TPSA) is 33.2 Å². The van der Waals surface area contributed by atoms with E-state index < -0.39 is 0 Å². The quantitative estimate of drug-likeness (QED) is 0.670. The number of rotatable bonds is 3. The molecule has 0 bridgehead atoms. The smallest absolute Gasteiger partial charge is 0.222 e. The summed E-state index contributed by atoms with van der Waals surface area (Å²) in [6.45, 7) is 0. The van der Waals surface area contributed by atoms with E-state index in [0.717, 1.165) is 22.7 Å². The van der Waals surface area contributed by atoms with Crippen molar-refractivity contribution in [3.05, 3.63) is 60.2 Å². The summed E-state index contributed by atoms with van der Waals surface area (Å²) in [6, 6.07) is 11.0. The van der Waals surface area contributed by atoms with Gasteiger partial charge in [0.15, 0.2) is 0 Å². The van der Waals surface area contributed by atoms with E-state index >= 15 is 0 Å². The number of hydrogen-bond donors (Lipinski definition) is 0. The number of halogens is 1. The number of amides is 1. The molecule has 1 aromatic heterocycles. The third kappa shape index (κ3) is 3.57. The SMILES string of the molecule is CN1C(=O)C[C@@H]2[C@@H](C=Cc3ccc(-c4cccc(F)c4)cn3)[C@@H]3CCCC[C@H]3C[C@@H]21. The fourth-order valence-electron chi connectivity index (χ4n) is 6.18. The number of fused-ring (bicyclic) bond motifs is 2. The molecule has 3 nitrogen and oxygen atoms in total. The maximum absolute atomic E-state index is 13.5. The fourth-order valence-corrected chi connectivity index (χ4v) is 6.18. The largest absolute Gasteiger partial charge is 0.342 e. The molecule has 2 heterocycles. The van der Waals surface area contributed by atoms with Gasteiger partial charge in [-0.1, -0.05) is 43.5 Å². The summed E-state index contributed by atoms with van der Waals surface area (Å²) in [7, 11) is 1.99. The van der Waals surface area contributed by atoms with Gasteiger partial charge in [0.1, 0.15) is 5.82 Å². The van der Waals surface area contributed by atoms with E-state index in [1.165, 1.54) is 44.2 Å². The summed E-state index contributed by atoms with van der Waals surface area (Å²) in [5, 5.41) is 0. The van der Waals surface area contributed by atoms with Gasteiger partial charge < -0.3 is 4.90 Å². The second-order valence-corrected chi connectivity index (χ2v) is 9.30. The number of carbonyl (C=O) groups is 1. The Morgan fingerprint density at radius 3 is 2.77 bits per heavy atom. The van der Waals surface area contributed by atoms with E-state index in [1.807, 2.05) is 36.3 Å². The van der Waals surface area contributed by atoms with Crippen LogP contribution >= 0.6 is 0 Å². The van der Waals surface area contributed by atoms with Gasteiger partial charge in [-0.15, -0.1) is 0 Å². The lowest BCUT2D eigenvalue weighted by Crippen LogP contribution is -2.45. The van der Waals surface area contributed by atoms with Gasteiger partial charge in [0.2, 0.25) is 5.91 Å². The monoisotopic (exact) mass is 404 g/mol. The molecular weight excluding hydrogens is 375 g/mol. The Morgan fingerprint density at radius 1 is 1.10 bits per heavy atom. The van der Waals surface area contributed by atoms with Crippen LogP contribution < -0.4 is 0 Å². The van der Waals surface area contributed by atoms with Crippen molar-refractivity contribution in [1.82, 2.24) is 9.88 Å². The predicted octanol–water partition coefficient (Wildman–Crippen LogP) is 5.57. The zero-order valence-corrected chi connectivity index (χ0v) is 17.5. The Kier molecular flexibility index (Phi) is 5.18. The standard InChI is InChI=1S/C26H29FN2O/c1-29-25-14-18-5-2-3-8-22(18)23(24(25)15-26(29)30)12-11-21-10-9-19(16-28-21)17-6-4-7-20(27)13-17/h4,6-7,9-13,16,18,22-25H,2-3,5,8,14-15H2,1H3/t18-,22+,23-,24+,25-/m0/s1. The van der Waals surface area contributed by atoms with Crippen molar-refractivity contribution in [2.45, 2.75) is 44.6 Å². The van der Waals surface area contributed by atoms with Crippen LogP contribution in [0.4, 0.5) is 4.39 Å². The first-order valence-electron chi connectivity index (χ1n) is 11.3. The van der Waals surface area contributed by atoms with Crippen LogP contribution in [0.25, 0.3) is 17.2 Å². The van der Waals surface area contributed by atoms with Crippen molar-refractivity contribution in [3.63, 3.8) is 0 Å². The van der Waals surface area contributed by atoms with E-state index in [4.69, 9.17) is 0 Å². The summed E-state index contributed by atoms with van der Waals surface area (Å²) in [4.78, 5) is 19.0. The highest BCUT2D eigenvalue weighted by Crippen LogP contribution is 2.51. The maximum Gasteiger partial charge on any atom is 0.222 e. The van der Waals surface area contributed by atoms with Gasteiger partial charge in [-0.05, 0) is 66.4 Å². The van der Waals surface area contributed by atoms with Crippen LogP contribution in [0.15, 0.2) is 48.7 Å². The van der Waals surface area contributed by atoms with Crippen molar-refractivity contribution in [3.8, 4) is 11.1 Å². The Balaban J connectivity index is 1.38. The molecule has 5 rings (SSSR count). The van der Waals surface area contributed by atoms with Crippen LogP contribution in [0.3, 0.4) is 0 Å². The van der Waals surface area contributed by atoms with E-state index in [0.29, 0.717) is 36.1 Å². The summed E-state index contributed by atoms with van der Waals surface area (Å²) in [5.74, 6) is 2.40. The third-order valence-corrected chi connectivity index (χ3v) is 7.73. The highest BCUT2D eigenvalue weighted by molar-refractivity contribution is 5.79. The zero-order valence-electron chi connectivity index (χ0n) is 17.5. The summed E-state index contributed by atoms with van der Waals surface area (Å²) >= 11 is 0. The first-order valence-corrected chi connectivity index (χ1v) is 11.3. The average Bonchev–Trinajstić information content (AvgIpc) is 3.05. The highest BCUT2D eigenvalue weighted by atomic mass is 19.1. The first kappa shape index (κ1) is 19.5. The number of allylic oxidation sites excluding steroid dienone is 1. The molecule has 4 heteroatoms. The summed E-state index contributed by atoms with van der Waals surface area (Å²) < 4.78 is 13.5. The van der Waals surface area contributed by atoms with Gasteiger partial charge in [-0.3, -0.25) is 9.78 Å². The van der Waals surface area contributed by atoms with Crippen molar-refractivity contribution in [2.75, 3.05) is 7.05 Å². The van der Waals surface area contributed by atoms with Crippen LogP contribution in [0.1, 0.15) is 44.2 Å². The second-order valence-electron chi connectivity index (χ2n) is 9.30. The van der Waals surface area contributed by atoms with E-state index in [9.17, 15) is 9.18 Å². The minimum absolute atomic E-state index is 0.235. The molecule has 5 atom stereocenters. The van der Waals surface area contributed by atoms with Crippen molar-refractivity contribution in [1.29, 1.82) is 0 Å². The van der Waals surface area contributed by atoms with E-state index in [1.54, 1.807) is 6.07 Å². The number of benzene rings is 1. The molecule has 1 amide bonds. The molecule has 1 saturated heterocycles. The number of pyridine rings is 1. The molecule has 30 heavy (non-hydrogen) atoms. The molecule has 1 aromatic carbocycles. The number of hydrogen-bond acceptors (Lipinski definition) is 2. The van der Waals surface area contributed by atoms with Crippen LogP contribution in [0.2, 0.25) is 0 Å². The molecule has 0 spiro atoms. The number of likely N-dealkylation sites (tertiary alicyclic amines) is 1. The normalized spacial score (nSPS) is 31.1. The lowest BCUT2D eigenvalue weighted by atomic mass is 9.60. The highest BCUT2D eigenvalue weighted by Gasteiger charge is 2.50. The minimum atomic E-state index is -0.235. The van der Waals surface area contributed by atoms with E-state index in [-0.39, 0.29) is 5.82 Å².